The SMILES string of the molecule is CC/C=C\C/C=C\C/C=C\C/C=C\C/C=C\C/C=C\CCCCCCCCC(=O)OCC(COC(=O)CCCCCCC/C=C\C/C=C\CCC)OC(=O)CC/C=C\C/C=C\C/C=C\C/C=C\C/C=C\C/C=C\CC. The van der Waals surface area contributed by atoms with Crippen LogP contribution in [0.5, 0.6) is 0 Å². The van der Waals surface area contributed by atoms with Gasteiger partial charge in [0, 0.05) is 19.3 Å². The summed E-state index contributed by atoms with van der Waals surface area (Å²) in [4.78, 5) is 38.2. The molecule has 6 heteroatoms. The molecule has 75 heavy (non-hydrogen) atoms. The van der Waals surface area contributed by atoms with Crippen molar-refractivity contribution in [2.75, 3.05) is 13.2 Å². The predicted octanol–water partition coefficient (Wildman–Crippen LogP) is 20.3. The van der Waals surface area contributed by atoms with Crippen LogP contribution in [0.4, 0.5) is 0 Å². The molecular weight excluding hydrogens is 925 g/mol. The Hall–Kier alpha value is -5.23. The molecule has 0 aliphatic carbocycles. The first-order valence-corrected chi connectivity index (χ1v) is 29.6. The van der Waals surface area contributed by atoms with E-state index >= 15 is 0 Å². The second-order valence-electron chi connectivity index (χ2n) is 18.8. The number of allylic oxidation sites excluding steroid dienone is 28. The number of hydrogen-bond acceptors (Lipinski definition) is 6. The first kappa shape index (κ1) is 69.8. The minimum atomic E-state index is -0.841. The lowest BCUT2D eigenvalue weighted by Gasteiger charge is -2.18. The lowest BCUT2D eigenvalue weighted by atomic mass is 10.1. The van der Waals surface area contributed by atoms with Gasteiger partial charge in [-0.15, -0.1) is 0 Å². The van der Waals surface area contributed by atoms with E-state index in [2.05, 4.69) is 179 Å². The number of carbonyl (C=O) groups is 3. The molecule has 0 rings (SSSR count). The van der Waals surface area contributed by atoms with Crippen LogP contribution in [-0.4, -0.2) is 37.2 Å². The molecule has 0 fully saturated rings. The van der Waals surface area contributed by atoms with Gasteiger partial charge in [-0.25, -0.2) is 0 Å². The van der Waals surface area contributed by atoms with Crippen molar-refractivity contribution in [3.8, 4) is 0 Å². The fourth-order valence-electron chi connectivity index (χ4n) is 7.33. The number of hydrogen-bond donors (Lipinski definition) is 0. The van der Waals surface area contributed by atoms with Gasteiger partial charge in [0.25, 0.3) is 0 Å². The van der Waals surface area contributed by atoms with Gasteiger partial charge in [-0.3, -0.25) is 14.4 Å². The Labute approximate surface area is 460 Å². The summed E-state index contributed by atoms with van der Waals surface area (Å²) < 4.78 is 16.8. The second kappa shape index (κ2) is 61.3. The van der Waals surface area contributed by atoms with E-state index in [9.17, 15) is 14.4 Å². The number of carbonyl (C=O) groups excluding carboxylic acids is 3. The summed E-state index contributed by atoms with van der Waals surface area (Å²) in [5.41, 5.74) is 0. The lowest BCUT2D eigenvalue weighted by Crippen LogP contribution is -2.30. The van der Waals surface area contributed by atoms with Gasteiger partial charge in [0.1, 0.15) is 13.2 Å². The van der Waals surface area contributed by atoms with Gasteiger partial charge < -0.3 is 14.2 Å². The fraction of sp³-hybridized carbons (Fsp3) is 0.551. The average Bonchev–Trinajstić information content (AvgIpc) is 3.41. The lowest BCUT2D eigenvalue weighted by molar-refractivity contribution is -0.166. The van der Waals surface area contributed by atoms with Crippen LogP contribution in [0.15, 0.2) is 170 Å². The largest absolute Gasteiger partial charge is 0.462 e. The Morgan fingerprint density at radius 3 is 0.867 bits per heavy atom. The van der Waals surface area contributed by atoms with Crippen LogP contribution in [0.2, 0.25) is 0 Å². The zero-order valence-electron chi connectivity index (χ0n) is 47.7. The van der Waals surface area contributed by atoms with Crippen molar-refractivity contribution in [2.45, 2.75) is 232 Å². The highest BCUT2D eigenvalue weighted by Gasteiger charge is 2.19. The highest BCUT2D eigenvalue weighted by molar-refractivity contribution is 5.71. The van der Waals surface area contributed by atoms with Crippen molar-refractivity contribution < 1.29 is 28.6 Å². The summed E-state index contributed by atoms with van der Waals surface area (Å²) in [6.45, 7) is 6.24. The monoisotopic (exact) mass is 1030 g/mol. The summed E-state index contributed by atoms with van der Waals surface area (Å²) in [5, 5.41) is 0. The standard InChI is InChI=1S/C69H106O6/c1-4-7-10-13-16-19-22-25-27-29-31-32-33-34-35-36-38-39-41-44-47-50-53-56-59-62-68(71)74-65-66(64-73-67(70)61-58-55-52-49-46-43-24-21-18-15-12-9-6-3)75-69(72)63-60-57-54-51-48-45-42-40-37-30-28-26-23-20-17-14-11-8-5-2/h7-8,10-12,15-17,19-21,24-28,31-32,34-35,37-40,45,48,54,57,66H,4-6,9,13-14,18,22-23,29-30,33,36,41-44,46-47,49-53,55-56,58-65H2,1-3H3/b10-7-,11-8-,15-12-,19-16-,20-17-,24-21-,27-25-,28-26-,32-31-,35-34-,39-38-,40-37-,48-45-,57-54-. The third-order valence-electron chi connectivity index (χ3n) is 11.7. The van der Waals surface area contributed by atoms with E-state index < -0.39 is 12.1 Å². The van der Waals surface area contributed by atoms with Crippen LogP contribution < -0.4 is 0 Å². The molecule has 0 heterocycles. The highest BCUT2D eigenvalue weighted by atomic mass is 16.6. The molecule has 0 bridgehead atoms. The Kier molecular flexibility index (Phi) is 57.0. The van der Waals surface area contributed by atoms with Crippen LogP contribution in [0.1, 0.15) is 226 Å². The van der Waals surface area contributed by atoms with Crippen molar-refractivity contribution >= 4 is 17.9 Å². The van der Waals surface area contributed by atoms with Crippen molar-refractivity contribution in [1.82, 2.24) is 0 Å². The molecular formula is C69H106O6. The molecule has 0 aromatic heterocycles. The van der Waals surface area contributed by atoms with Gasteiger partial charge >= 0.3 is 17.9 Å². The first-order chi connectivity index (χ1) is 37.0. The summed E-state index contributed by atoms with van der Waals surface area (Å²) in [6, 6.07) is 0. The van der Waals surface area contributed by atoms with Crippen molar-refractivity contribution in [3.63, 3.8) is 0 Å². The molecule has 0 aliphatic heterocycles. The normalized spacial score (nSPS) is 13.4. The predicted molar refractivity (Wildman–Crippen MR) is 325 cm³/mol. The first-order valence-electron chi connectivity index (χ1n) is 29.6. The molecule has 0 aliphatic rings. The minimum Gasteiger partial charge on any atom is -0.462 e. The van der Waals surface area contributed by atoms with Crippen molar-refractivity contribution in [3.05, 3.63) is 170 Å². The Morgan fingerprint density at radius 2 is 0.547 bits per heavy atom. The topological polar surface area (TPSA) is 78.9 Å². The number of unbranched alkanes of at least 4 members (excludes halogenated alkanes) is 12. The molecule has 6 nitrogen and oxygen atoms in total. The fourth-order valence-corrected chi connectivity index (χ4v) is 7.33. The van der Waals surface area contributed by atoms with Crippen LogP contribution in [0.3, 0.4) is 0 Å². The molecule has 0 radical (unpaired) electrons. The zero-order chi connectivity index (χ0) is 54.3. The Bertz CT molecular complexity index is 1750. The molecule has 0 N–H and O–H groups in total. The van der Waals surface area contributed by atoms with Gasteiger partial charge in [0.15, 0.2) is 6.10 Å². The van der Waals surface area contributed by atoms with Crippen molar-refractivity contribution in [2.24, 2.45) is 0 Å². The third kappa shape index (κ3) is 59.5. The maximum Gasteiger partial charge on any atom is 0.306 e. The molecule has 0 spiro atoms. The highest BCUT2D eigenvalue weighted by Crippen LogP contribution is 2.12. The molecule has 0 aromatic carbocycles. The quantitative estimate of drug-likeness (QED) is 0.0261. The molecule has 0 saturated heterocycles. The van der Waals surface area contributed by atoms with Gasteiger partial charge in [0.05, 0.1) is 0 Å². The Balaban J connectivity index is 4.53. The van der Waals surface area contributed by atoms with E-state index in [1.807, 2.05) is 12.2 Å². The Morgan fingerprint density at radius 1 is 0.280 bits per heavy atom. The maximum absolute atomic E-state index is 12.8. The van der Waals surface area contributed by atoms with Crippen LogP contribution in [0.25, 0.3) is 0 Å². The van der Waals surface area contributed by atoms with E-state index in [1.54, 1.807) is 0 Å². The molecule has 0 amide bonds. The number of esters is 3. The van der Waals surface area contributed by atoms with Gasteiger partial charge in [0.2, 0.25) is 0 Å². The summed E-state index contributed by atoms with van der Waals surface area (Å²) in [6.07, 6.45) is 90.7. The molecule has 0 saturated carbocycles. The summed E-state index contributed by atoms with van der Waals surface area (Å²) in [7, 11) is 0. The molecule has 0 aromatic rings. The van der Waals surface area contributed by atoms with Crippen LogP contribution in [0, 0.1) is 0 Å². The maximum atomic E-state index is 12.8. The van der Waals surface area contributed by atoms with E-state index in [0.717, 1.165) is 161 Å². The summed E-state index contributed by atoms with van der Waals surface area (Å²) in [5.74, 6) is -1.05. The zero-order valence-corrected chi connectivity index (χ0v) is 47.7. The minimum absolute atomic E-state index is 0.129. The average molecular weight is 1030 g/mol. The van der Waals surface area contributed by atoms with Gasteiger partial charge in [-0.2, -0.15) is 0 Å². The van der Waals surface area contributed by atoms with Gasteiger partial charge in [-0.1, -0.05) is 242 Å². The molecule has 418 valence electrons. The summed E-state index contributed by atoms with van der Waals surface area (Å²) >= 11 is 0. The molecule has 1 unspecified atom stereocenters. The van der Waals surface area contributed by atoms with Crippen LogP contribution in [-0.2, 0) is 28.6 Å². The smallest absolute Gasteiger partial charge is 0.306 e. The van der Waals surface area contributed by atoms with Crippen LogP contribution >= 0.6 is 0 Å². The number of ether oxygens (including phenoxy) is 3. The molecule has 1 atom stereocenters. The van der Waals surface area contributed by atoms with Gasteiger partial charge in [-0.05, 0) is 135 Å². The van der Waals surface area contributed by atoms with E-state index in [1.165, 1.54) is 19.3 Å². The van der Waals surface area contributed by atoms with E-state index in [0.29, 0.717) is 19.3 Å². The van der Waals surface area contributed by atoms with Crippen molar-refractivity contribution in [1.29, 1.82) is 0 Å². The second-order valence-corrected chi connectivity index (χ2v) is 18.8. The van der Waals surface area contributed by atoms with E-state index in [4.69, 9.17) is 14.2 Å². The number of rotatable bonds is 51. The van der Waals surface area contributed by atoms with E-state index in [-0.39, 0.29) is 31.6 Å². The third-order valence-corrected chi connectivity index (χ3v) is 11.7.